The van der Waals surface area contributed by atoms with Crippen molar-refractivity contribution >= 4 is 11.6 Å². The fourth-order valence-corrected chi connectivity index (χ4v) is 1.09. The van der Waals surface area contributed by atoms with E-state index in [9.17, 15) is 13.2 Å². The Labute approximate surface area is 78.3 Å². The lowest BCUT2D eigenvalue weighted by Crippen LogP contribution is -2.28. The minimum Gasteiger partial charge on any atom is -0.316 e. The molecule has 0 saturated heterocycles. The summed E-state index contributed by atoms with van der Waals surface area (Å²) in [6.45, 7) is 0. The lowest BCUT2D eigenvalue weighted by Gasteiger charge is -2.15. The van der Waals surface area contributed by atoms with E-state index in [0.717, 1.165) is 0 Å². The van der Waals surface area contributed by atoms with Crippen LogP contribution in [-0.4, -0.2) is 6.18 Å². The van der Waals surface area contributed by atoms with Crippen LogP contribution in [0.3, 0.4) is 0 Å². The molecule has 0 saturated carbocycles. The van der Waals surface area contributed by atoms with Gasteiger partial charge in [-0.25, -0.2) is 0 Å². The van der Waals surface area contributed by atoms with Crippen molar-refractivity contribution < 1.29 is 13.2 Å². The van der Waals surface area contributed by atoms with Gasteiger partial charge in [-0.1, -0.05) is 23.7 Å². The number of rotatable bonds is 1. The van der Waals surface area contributed by atoms with Crippen molar-refractivity contribution in [1.29, 1.82) is 0 Å². The predicted molar refractivity (Wildman–Crippen MR) is 44.4 cm³/mol. The van der Waals surface area contributed by atoms with Crippen molar-refractivity contribution in [2.24, 2.45) is 5.73 Å². The number of alkyl halides is 3. The van der Waals surface area contributed by atoms with E-state index in [4.69, 9.17) is 17.3 Å². The van der Waals surface area contributed by atoms with Crippen LogP contribution in [0, 0.1) is 0 Å². The molecule has 0 aromatic heterocycles. The molecule has 2 N–H and O–H groups in total. The van der Waals surface area contributed by atoms with Crippen LogP contribution in [-0.2, 0) is 0 Å². The Balaban J connectivity index is 2.96. The fourth-order valence-electron chi connectivity index (χ4n) is 0.889. The van der Waals surface area contributed by atoms with Gasteiger partial charge < -0.3 is 5.73 Å². The summed E-state index contributed by atoms with van der Waals surface area (Å²) in [6.07, 6.45) is -4.43. The highest BCUT2D eigenvalue weighted by Crippen LogP contribution is 2.31. The first kappa shape index (κ1) is 10.3. The zero-order chi connectivity index (χ0) is 10.1. The first-order valence-corrected chi connectivity index (χ1v) is 3.87. The van der Waals surface area contributed by atoms with Gasteiger partial charge in [0.2, 0.25) is 0 Å². The SMILES string of the molecule is N[C@@H](c1cccc(Cl)c1)C(F)(F)F. The van der Waals surface area contributed by atoms with Crippen LogP contribution in [0.25, 0.3) is 0 Å². The maximum atomic E-state index is 12.1. The van der Waals surface area contributed by atoms with Crippen LogP contribution < -0.4 is 5.73 Å². The standard InChI is InChI=1S/C8H7ClF3N/c9-6-3-1-2-5(4-6)7(13)8(10,11)12/h1-4,7H,13H2/t7-/m0/s1. The van der Waals surface area contributed by atoms with E-state index in [1.165, 1.54) is 24.3 Å². The Hall–Kier alpha value is -0.740. The normalized spacial score (nSPS) is 14.2. The van der Waals surface area contributed by atoms with Crippen molar-refractivity contribution in [3.63, 3.8) is 0 Å². The molecular formula is C8H7ClF3N. The van der Waals surface area contributed by atoms with Gasteiger partial charge in [0.25, 0.3) is 0 Å². The Bertz CT molecular complexity index is 298. The van der Waals surface area contributed by atoms with Crippen LogP contribution >= 0.6 is 11.6 Å². The average Bonchev–Trinajstić information content (AvgIpc) is 2.01. The summed E-state index contributed by atoms with van der Waals surface area (Å²) in [5, 5.41) is 0.247. The van der Waals surface area contributed by atoms with Crippen LogP contribution in [0.1, 0.15) is 11.6 Å². The third kappa shape index (κ3) is 2.60. The molecule has 0 aliphatic carbocycles. The van der Waals surface area contributed by atoms with Crippen molar-refractivity contribution in [3.05, 3.63) is 34.9 Å². The molecule has 0 aliphatic heterocycles. The maximum Gasteiger partial charge on any atom is 0.407 e. The molecule has 13 heavy (non-hydrogen) atoms. The molecule has 1 atom stereocenters. The van der Waals surface area contributed by atoms with Crippen molar-refractivity contribution in [2.45, 2.75) is 12.2 Å². The van der Waals surface area contributed by atoms with Crippen molar-refractivity contribution in [1.82, 2.24) is 0 Å². The van der Waals surface area contributed by atoms with Gasteiger partial charge in [0.1, 0.15) is 6.04 Å². The van der Waals surface area contributed by atoms with Gasteiger partial charge in [-0.05, 0) is 17.7 Å². The molecule has 1 nitrogen and oxygen atoms in total. The Morgan fingerprint density at radius 2 is 1.92 bits per heavy atom. The summed E-state index contributed by atoms with van der Waals surface area (Å²) in [4.78, 5) is 0. The maximum absolute atomic E-state index is 12.1. The monoisotopic (exact) mass is 209 g/mol. The zero-order valence-electron chi connectivity index (χ0n) is 6.48. The lowest BCUT2D eigenvalue weighted by atomic mass is 10.1. The quantitative estimate of drug-likeness (QED) is 0.756. The Morgan fingerprint density at radius 1 is 1.31 bits per heavy atom. The molecule has 1 aromatic rings. The second-order valence-corrected chi connectivity index (χ2v) is 3.01. The Kier molecular flexibility index (Phi) is 2.83. The second kappa shape index (κ2) is 3.55. The molecule has 1 aromatic carbocycles. The molecular weight excluding hydrogens is 203 g/mol. The highest BCUT2D eigenvalue weighted by molar-refractivity contribution is 6.30. The summed E-state index contributed by atoms with van der Waals surface area (Å²) in [7, 11) is 0. The average molecular weight is 210 g/mol. The van der Waals surface area contributed by atoms with E-state index < -0.39 is 12.2 Å². The van der Waals surface area contributed by atoms with Crippen LogP contribution in [0.15, 0.2) is 24.3 Å². The fraction of sp³-hybridized carbons (Fsp3) is 0.250. The summed E-state index contributed by atoms with van der Waals surface area (Å²) >= 11 is 5.52. The largest absolute Gasteiger partial charge is 0.407 e. The molecule has 1 rings (SSSR count). The minimum absolute atomic E-state index is 0.0278. The molecule has 72 valence electrons. The molecule has 0 amide bonds. The van der Waals surface area contributed by atoms with Crippen LogP contribution in [0.2, 0.25) is 5.02 Å². The van der Waals surface area contributed by atoms with Crippen LogP contribution in [0.5, 0.6) is 0 Å². The predicted octanol–water partition coefficient (Wildman–Crippen LogP) is 2.90. The number of benzene rings is 1. The summed E-state index contributed by atoms with van der Waals surface area (Å²) in [6, 6.07) is 3.47. The van der Waals surface area contributed by atoms with Gasteiger partial charge in [-0.15, -0.1) is 0 Å². The number of nitrogens with two attached hydrogens (primary N) is 1. The van der Waals surface area contributed by atoms with Crippen LogP contribution in [0.4, 0.5) is 13.2 Å². The van der Waals surface area contributed by atoms with Gasteiger partial charge >= 0.3 is 6.18 Å². The second-order valence-electron chi connectivity index (χ2n) is 2.57. The molecule has 0 spiro atoms. The van der Waals surface area contributed by atoms with Crippen molar-refractivity contribution in [2.75, 3.05) is 0 Å². The van der Waals surface area contributed by atoms with E-state index in [0.29, 0.717) is 0 Å². The first-order chi connectivity index (χ1) is 5.91. The van der Waals surface area contributed by atoms with E-state index >= 15 is 0 Å². The molecule has 0 unspecified atom stereocenters. The van der Waals surface area contributed by atoms with Gasteiger partial charge in [0.05, 0.1) is 0 Å². The molecule has 0 aliphatic rings. The van der Waals surface area contributed by atoms with Gasteiger partial charge in [-0.2, -0.15) is 13.2 Å². The number of halogens is 4. The summed E-state index contributed by atoms with van der Waals surface area (Å²) in [5.41, 5.74) is 4.93. The third-order valence-corrected chi connectivity index (χ3v) is 1.80. The van der Waals surface area contributed by atoms with E-state index in [1.807, 2.05) is 0 Å². The number of hydrogen-bond donors (Lipinski definition) is 1. The van der Waals surface area contributed by atoms with E-state index in [1.54, 1.807) is 0 Å². The van der Waals surface area contributed by atoms with E-state index in [2.05, 4.69) is 0 Å². The van der Waals surface area contributed by atoms with Crippen molar-refractivity contribution in [3.8, 4) is 0 Å². The van der Waals surface area contributed by atoms with Gasteiger partial charge in [0.15, 0.2) is 0 Å². The van der Waals surface area contributed by atoms with Gasteiger partial charge in [-0.3, -0.25) is 0 Å². The molecule has 0 fully saturated rings. The molecule has 0 bridgehead atoms. The minimum atomic E-state index is -4.43. The van der Waals surface area contributed by atoms with Gasteiger partial charge in [0, 0.05) is 5.02 Å². The smallest absolute Gasteiger partial charge is 0.316 e. The van der Waals surface area contributed by atoms with E-state index in [-0.39, 0.29) is 10.6 Å². The Morgan fingerprint density at radius 3 is 2.38 bits per heavy atom. The molecule has 0 radical (unpaired) electrons. The first-order valence-electron chi connectivity index (χ1n) is 3.49. The summed E-state index contributed by atoms with van der Waals surface area (Å²) in [5.74, 6) is 0. The topological polar surface area (TPSA) is 26.0 Å². The molecule has 5 heteroatoms. The number of hydrogen-bond acceptors (Lipinski definition) is 1. The zero-order valence-corrected chi connectivity index (χ0v) is 7.23. The highest BCUT2D eigenvalue weighted by atomic mass is 35.5. The highest BCUT2D eigenvalue weighted by Gasteiger charge is 2.37. The summed E-state index contributed by atoms with van der Waals surface area (Å²) < 4.78 is 36.3. The molecule has 0 heterocycles. The lowest BCUT2D eigenvalue weighted by molar-refractivity contribution is -0.149. The third-order valence-electron chi connectivity index (χ3n) is 1.56.